The summed E-state index contributed by atoms with van der Waals surface area (Å²) in [5.74, 6) is 0.877. The number of aromatic nitrogens is 4. The van der Waals surface area contributed by atoms with E-state index in [9.17, 15) is 0 Å². The Hall–Kier alpha value is -5.22. The molecule has 0 saturated heterocycles. The molecule has 0 fully saturated rings. The van der Waals surface area contributed by atoms with E-state index in [1.807, 2.05) is 6.07 Å². The van der Waals surface area contributed by atoms with Crippen molar-refractivity contribution < 1.29 is 0 Å². The van der Waals surface area contributed by atoms with Gasteiger partial charge in [0, 0.05) is 32.8 Å². The molecule has 0 spiro atoms. The summed E-state index contributed by atoms with van der Waals surface area (Å²) in [6.45, 7) is 6.77. The predicted molar refractivity (Wildman–Crippen MR) is 175 cm³/mol. The lowest BCUT2D eigenvalue weighted by atomic mass is 9.86. The number of benzene rings is 4. The van der Waals surface area contributed by atoms with Gasteiger partial charge in [0.15, 0.2) is 0 Å². The summed E-state index contributed by atoms with van der Waals surface area (Å²) in [6, 6.07) is 44.9. The van der Waals surface area contributed by atoms with Crippen molar-refractivity contribution in [3.05, 3.63) is 133 Å². The van der Waals surface area contributed by atoms with Gasteiger partial charge in [-0.15, -0.1) is 0 Å². The highest BCUT2D eigenvalue weighted by molar-refractivity contribution is 6.16. The van der Waals surface area contributed by atoms with Gasteiger partial charge in [0.1, 0.15) is 17.1 Å². The van der Waals surface area contributed by atoms with Crippen molar-refractivity contribution in [3.63, 3.8) is 0 Å². The van der Waals surface area contributed by atoms with E-state index in [4.69, 9.17) is 9.97 Å². The molecule has 0 radical (unpaired) electrons. The van der Waals surface area contributed by atoms with E-state index in [1.54, 1.807) is 0 Å². The Morgan fingerprint density at radius 2 is 1.05 bits per heavy atom. The maximum Gasteiger partial charge on any atom is 0.149 e. The van der Waals surface area contributed by atoms with E-state index in [2.05, 4.69) is 151 Å². The second kappa shape index (κ2) is 9.15. The van der Waals surface area contributed by atoms with Crippen LogP contribution >= 0.6 is 0 Å². The number of rotatable bonds is 3. The zero-order chi connectivity index (χ0) is 28.4. The van der Waals surface area contributed by atoms with Gasteiger partial charge in [0.25, 0.3) is 0 Å². The first-order chi connectivity index (χ1) is 20.5. The van der Waals surface area contributed by atoms with Crippen molar-refractivity contribution in [2.24, 2.45) is 0 Å². The second-order valence-electron chi connectivity index (χ2n) is 12.0. The third-order valence-corrected chi connectivity index (χ3v) is 8.27. The second-order valence-corrected chi connectivity index (χ2v) is 12.0. The zero-order valence-corrected chi connectivity index (χ0v) is 23.9. The molecule has 0 unspecified atom stereocenters. The van der Waals surface area contributed by atoms with Crippen LogP contribution in [0.1, 0.15) is 26.3 Å². The lowest BCUT2D eigenvalue weighted by Gasteiger charge is -2.21. The molecule has 0 N–H and O–H groups in total. The first-order valence-corrected chi connectivity index (χ1v) is 14.4. The molecule has 0 atom stereocenters. The molecule has 8 rings (SSSR count). The topological polar surface area (TPSA) is 35.6 Å². The molecular formula is C38H30N4. The van der Waals surface area contributed by atoms with Gasteiger partial charge in [-0.1, -0.05) is 106 Å². The van der Waals surface area contributed by atoms with Gasteiger partial charge in [-0.25, -0.2) is 9.97 Å². The van der Waals surface area contributed by atoms with Gasteiger partial charge in [0.2, 0.25) is 0 Å². The molecule has 0 aliphatic rings. The summed E-state index contributed by atoms with van der Waals surface area (Å²) >= 11 is 0. The zero-order valence-electron chi connectivity index (χ0n) is 23.9. The van der Waals surface area contributed by atoms with Crippen LogP contribution in [0.2, 0.25) is 0 Å². The molecular weight excluding hydrogens is 512 g/mol. The predicted octanol–water partition coefficient (Wildman–Crippen LogP) is 9.64. The van der Waals surface area contributed by atoms with Crippen LogP contribution in [0.4, 0.5) is 0 Å². The Balaban J connectivity index is 1.51. The van der Waals surface area contributed by atoms with E-state index in [0.29, 0.717) is 0 Å². The lowest BCUT2D eigenvalue weighted by Crippen LogP contribution is -2.13. The van der Waals surface area contributed by atoms with Crippen molar-refractivity contribution >= 4 is 43.9 Å². The van der Waals surface area contributed by atoms with Crippen LogP contribution in [0.3, 0.4) is 0 Å². The lowest BCUT2D eigenvalue weighted by molar-refractivity contribution is 0.589. The van der Waals surface area contributed by atoms with E-state index in [0.717, 1.165) is 55.9 Å². The van der Waals surface area contributed by atoms with E-state index in [1.165, 1.54) is 16.3 Å². The number of nitrogens with zero attached hydrogens (tertiary/aromatic N) is 4. The summed E-state index contributed by atoms with van der Waals surface area (Å²) in [5, 5.41) is 4.63. The summed E-state index contributed by atoms with van der Waals surface area (Å²) in [6.07, 6.45) is 0. The Kier molecular flexibility index (Phi) is 5.35. The molecule has 0 aliphatic heterocycles. The molecule has 202 valence electrons. The molecule has 4 heteroatoms. The van der Waals surface area contributed by atoms with Gasteiger partial charge in [-0.3, -0.25) is 9.13 Å². The highest BCUT2D eigenvalue weighted by Crippen LogP contribution is 2.38. The maximum atomic E-state index is 5.48. The van der Waals surface area contributed by atoms with Gasteiger partial charge < -0.3 is 0 Å². The maximum absolute atomic E-state index is 5.48. The number of fused-ring (bicyclic) bond motifs is 6. The van der Waals surface area contributed by atoms with Crippen molar-refractivity contribution in [1.82, 2.24) is 19.1 Å². The van der Waals surface area contributed by atoms with Crippen molar-refractivity contribution in [1.29, 1.82) is 0 Å². The molecule has 8 aromatic rings. The molecule has 42 heavy (non-hydrogen) atoms. The molecule has 4 heterocycles. The summed E-state index contributed by atoms with van der Waals surface area (Å²) < 4.78 is 4.53. The largest absolute Gasteiger partial charge is 0.294 e. The minimum Gasteiger partial charge on any atom is -0.294 e. The van der Waals surface area contributed by atoms with Gasteiger partial charge >= 0.3 is 0 Å². The fourth-order valence-corrected chi connectivity index (χ4v) is 6.14. The summed E-state index contributed by atoms with van der Waals surface area (Å²) in [4.78, 5) is 10.8. The van der Waals surface area contributed by atoms with Crippen molar-refractivity contribution in [3.8, 4) is 22.8 Å². The number of hydrogen-bond acceptors (Lipinski definition) is 2. The van der Waals surface area contributed by atoms with E-state index in [-0.39, 0.29) is 5.41 Å². The highest BCUT2D eigenvalue weighted by Gasteiger charge is 2.22. The minimum absolute atomic E-state index is 0.0552. The standard InChI is InChI=1S/C38H30N4/c1-38(2,3)26-22-32(25-14-6-4-7-15-25)39-35(23-26)42-34-21-13-11-19-29(34)31-24-30-28-18-10-12-20-33(28)41(36(30)40-37(31)42)27-16-8-5-9-17-27/h4-24H,1-3H3. The molecule has 4 aromatic carbocycles. The Labute approximate surface area is 244 Å². The first kappa shape index (κ1) is 24.6. The fourth-order valence-electron chi connectivity index (χ4n) is 6.14. The van der Waals surface area contributed by atoms with Crippen molar-refractivity contribution in [2.75, 3.05) is 0 Å². The van der Waals surface area contributed by atoms with Crippen LogP contribution in [0.25, 0.3) is 66.6 Å². The monoisotopic (exact) mass is 542 g/mol. The first-order valence-electron chi connectivity index (χ1n) is 14.4. The normalized spacial score (nSPS) is 12.2. The molecule has 4 nitrogen and oxygen atoms in total. The van der Waals surface area contributed by atoms with Crippen LogP contribution in [0.5, 0.6) is 0 Å². The fraction of sp³-hybridized carbons (Fsp3) is 0.105. The van der Waals surface area contributed by atoms with E-state index >= 15 is 0 Å². The van der Waals surface area contributed by atoms with Crippen LogP contribution < -0.4 is 0 Å². The Morgan fingerprint density at radius 3 is 1.69 bits per heavy atom. The van der Waals surface area contributed by atoms with Gasteiger partial charge in [-0.05, 0) is 53.4 Å². The number of para-hydroxylation sites is 3. The van der Waals surface area contributed by atoms with Crippen LogP contribution in [-0.2, 0) is 5.41 Å². The molecule has 4 aromatic heterocycles. The number of hydrogen-bond donors (Lipinski definition) is 0. The summed E-state index contributed by atoms with van der Waals surface area (Å²) in [5.41, 5.74) is 8.42. The SMILES string of the molecule is CC(C)(C)c1cc(-c2ccccc2)nc(-n2c3ccccc3c3cc4c5ccccc5n(-c5ccccc5)c4nc32)c1. The van der Waals surface area contributed by atoms with Crippen LogP contribution in [-0.4, -0.2) is 19.1 Å². The average Bonchev–Trinajstić information content (AvgIpc) is 3.52. The average molecular weight is 543 g/mol. The molecule has 0 amide bonds. The minimum atomic E-state index is -0.0552. The van der Waals surface area contributed by atoms with Crippen LogP contribution in [0.15, 0.2) is 127 Å². The third kappa shape index (κ3) is 3.76. The Bertz CT molecular complexity index is 2270. The quantitative estimate of drug-likeness (QED) is 0.223. The van der Waals surface area contributed by atoms with Crippen LogP contribution in [0, 0.1) is 0 Å². The molecule has 0 aliphatic carbocycles. The Morgan fingerprint density at radius 1 is 0.500 bits per heavy atom. The van der Waals surface area contributed by atoms with Gasteiger partial charge in [0.05, 0.1) is 16.7 Å². The van der Waals surface area contributed by atoms with E-state index < -0.39 is 0 Å². The summed E-state index contributed by atoms with van der Waals surface area (Å²) in [7, 11) is 0. The molecule has 0 bridgehead atoms. The smallest absolute Gasteiger partial charge is 0.149 e. The number of pyridine rings is 2. The third-order valence-electron chi connectivity index (χ3n) is 8.27. The van der Waals surface area contributed by atoms with Gasteiger partial charge in [-0.2, -0.15) is 0 Å². The molecule has 0 saturated carbocycles. The highest BCUT2D eigenvalue weighted by atomic mass is 15.1. The van der Waals surface area contributed by atoms with Crippen molar-refractivity contribution in [2.45, 2.75) is 26.2 Å².